The highest BCUT2D eigenvalue weighted by atomic mass is 35.5. The van der Waals surface area contributed by atoms with Gasteiger partial charge in [0.25, 0.3) is 0 Å². The molecule has 0 unspecified atom stereocenters. The molecule has 0 bridgehead atoms. The number of aryl methyl sites for hydroxylation is 1. The molecule has 4 rings (SSSR count). The lowest BCUT2D eigenvalue weighted by Gasteiger charge is -2.11. The Hall–Kier alpha value is -3.65. The zero-order valence-electron chi connectivity index (χ0n) is 15.2. The SMILES string of the molecule is Cc1ccnc(Oc2ccc(-c3cnc(Cl)nc3-c3ncccc3N)cc2F)n1. The summed E-state index contributed by atoms with van der Waals surface area (Å²) in [5.41, 5.74) is 9.02. The molecule has 29 heavy (non-hydrogen) atoms. The summed E-state index contributed by atoms with van der Waals surface area (Å²) in [6.45, 7) is 1.79. The molecular formula is C20H14ClFN6O. The predicted molar refractivity (Wildman–Crippen MR) is 107 cm³/mol. The van der Waals surface area contributed by atoms with Gasteiger partial charge in [-0.3, -0.25) is 4.98 Å². The molecule has 144 valence electrons. The maximum Gasteiger partial charge on any atom is 0.322 e. The first-order chi connectivity index (χ1) is 14.0. The van der Waals surface area contributed by atoms with Crippen LogP contribution in [0.25, 0.3) is 22.5 Å². The first kappa shape index (κ1) is 18.7. The van der Waals surface area contributed by atoms with E-state index in [1.54, 1.807) is 43.6 Å². The van der Waals surface area contributed by atoms with Crippen LogP contribution in [0.1, 0.15) is 5.69 Å². The van der Waals surface area contributed by atoms with Crippen molar-refractivity contribution in [3.8, 4) is 34.3 Å². The van der Waals surface area contributed by atoms with E-state index in [4.69, 9.17) is 22.1 Å². The van der Waals surface area contributed by atoms with Crippen molar-refractivity contribution in [1.82, 2.24) is 24.9 Å². The fourth-order valence-electron chi connectivity index (χ4n) is 2.69. The van der Waals surface area contributed by atoms with Crippen LogP contribution < -0.4 is 10.5 Å². The Balaban J connectivity index is 1.75. The molecule has 0 spiro atoms. The van der Waals surface area contributed by atoms with Gasteiger partial charge >= 0.3 is 6.01 Å². The number of nitrogens with zero attached hydrogens (tertiary/aromatic N) is 5. The van der Waals surface area contributed by atoms with Gasteiger partial charge in [0.1, 0.15) is 11.4 Å². The summed E-state index contributed by atoms with van der Waals surface area (Å²) in [6.07, 6.45) is 4.63. The van der Waals surface area contributed by atoms with Gasteiger partial charge in [-0.2, -0.15) is 0 Å². The summed E-state index contributed by atoms with van der Waals surface area (Å²) in [5, 5.41) is 0.0332. The number of anilines is 1. The summed E-state index contributed by atoms with van der Waals surface area (Å²) in [5.74, 6) is -0.601. The van der Waals surface area contributed by atoms with Crippen LogP contribution in [-0.2, 0) is 0 Å². The quantitative estimate of drug-likeness (QED) is 0.497. The maximum atomic E-state index is 14.7. The number of aromatic nitrogens is 5. The topological polar surface area (TPSA) is 99.7 Å². The Morgan fingerprint density at radius 2 is 1.86 bits per heavy atom. The Kier molecular flexibility index (Phi) is 5.01. The number of hydrogen-bond donors (Lipinski definition) is 1. The van der Waals surface area contributed by atoms with Crippen molar-refractivity contribution < 1.29 is 9.13 Å². The van der Waals surface area contributed by atoms with Gasteiger partial charge in [0, 0.05) is 29.8 Å². The number of nitrogen functional groups attached to an aromatic ring is 1. The van der Waals surface area contributed by atoms with E-state index < -0.39 is 5.82 Å². The van der Waals surface area contributed by atoms with Crippen molar-refractivity contribution in [3.63, 3.8) is 0 Å². The molecule has 0 aliphatic carbocycles. The first-order valence-electron chi connectivity index (χ1n) is 8.52. The number of pyridine rings is 1. The molecule has 7 nitrogen and oxygen atoms in total. The summed E-state index contributed by atoms with van der Waals surface area (Å²) in [4.78, 5) is 20.6. The third-order valence-corrected chi connectivity index (χ3v) is 4.22. The number of rotatable bonds is 4. The maximum absolute atomic E-state index is 14.7. The van der Waals surface area contributed by atoms with Crippen LogP contribution in [-0.4, -0.2) is 24.9 Å². The molecule has 0 aliphatic rings. The van der Waals surface area contributed by atoms with Crippen LogP contribution in [0.2, 0.25) is 5.28 Å². The molecule has 0 saturated heterocycles. The largest absolute Gasteiger partial charge is 0.421 e. The molecule has 0 radical (unpaired) electrons. The Labute approximate surface area is 170 Å². The monoisotopic (exact) mass is 408 g/mol. The van der Waals surface area contributed by atoms with Crippen molar-refractivity contribution in [2.45, 2.75) is 6.92 Å². The minimum Gasteiger partial charge on any atom is -0.421 e. The van der Waals surface area contributed by atoms with Crippen molar-refractivity contribution in [1.29, 1.82) is 0 Å². The van der Waals surface area contributed by atoms with Gasteiger partial charge in [-0.05, 0) is 54.4 Å². The van der Waals surface area contributed by atoms with E-state index in [-0.39, 0.29) is 17.0 Å². The van der Waals surface area contributed by atoms with Gasteiger partial charge in [0.2, 0.25) is 5.28 Å². The molecule has 0 fully saturated rings. The number of halogens is 2. The van der Waals surface area contributed by atoms with Crippen LogP contribution in [0.3, 0.4) is 0 Å². The fraction of sp³-hybridized carbons (Fsp3) is 0.0500. The van der Waals surface area contributed by atoms with E-state index in [0.29, 0.717) is 33.9 Å². The highest BCUT2D eigenvalue weighted by Crippen LogP contribution is 2.34. The molecule has 1 aromatic carbocycles. The average molecular weight is 409 g/mol. The van der Waals surface area contributed by atoms with Crippen LogP contribution in [0.4, 0.5) is 10.1 Å². The summed E-state index contributed by atoms with van der Waals surface area (Å²) >= 11 is 5.97. The highest BCUT2D eigenvalue weighted by molar-refractivity contribution is 6.28. The van der Waals surface area contributed by atoms with Gasteiger partial charge in [-0.25, -0.2) is 24.3 Å². The molecule has 4 aromatic rings. The smallest absolute Gasteiger partial charge is 0.322 e. The second-order valence-corrected chi connectivity index (χ2v) is 6.41. The van der Waals surface area contributed by atoms with Crippen LogP contribution >= 0.6 is 11.6 Å². The first-order valence-corrected chi connectivity index (χ1v) is 8.90. The van der Waals surface area contributed by atoms with Gasteiger partial charge in [-0.1, -0.05) is 6.07 Å². The number of ether oxygens (including phenoxy) is 1. The van der Waals surface area contributed by atoms with Crippen LogP contribution in [0.15, 0.2) is 55.0 Å². The highest BCUT2D eigenvalue weighted by Gasteiger charge is 2.17. The molecule has 0 atom stereocenters. The Morgan fingerprint density at radius 1 is 1.00 bits per heavy atom. The van der Waals surface area contributed by atoms with Gasteiger partial charge in [0.15, 0.2) is 11.6 Å². The lowest BCUT2D eigenvalue weighted by Crippen LogP contribution is -1.99. The normalized spacial score (nSPS) is 10.7. The van der Waals surface area contributed by atoms with E-state index in [9.17, 15) is 4.39 Å². The zero-order valence-corrected chi connectivity index (χ0v) is 15.9. The minimum atomic E-state index is -0.595. The van der Waals surface area contributed by atoms with E-state index >= 15 is 0 Å². The molecule has 3 aromatic heterocycles. The Bertz CT molecular complexity index is 1200. The minimum absolute atomic E-state index is 0.00636. The fourth-order valence-corrected chi connectivity index (χ4v) is 2.83. The molecule has 3 heterocycles. The zero-order chi connectivity index (χ0) is 20.4. The molecule has 2 N–H and O–H groups in total. The number of benzene rings is 1. The van der Waals surface area contributed by atoms with Gasteiger partial charge in [0.05, 0.1) is 5.69 Å². The van der Waals surface area contributed by atoms with Crippen molar-refractivity contribution in [3.05, 3.63) is 71.8 Å². The van der Waals surface area contributed by atoms with Crippen molar-refractivity contribution >= 4 is 17.3 Å². The molecule has 0 aliphatic heterocycles. The Morgan fingerprint density at radius 3 is 2.62 bits per heavy atom. The van der Waals surface area contributed by atoms with Gasteiger partial charge < -0.3 is 10.5 Å². The number of hydrogen-bond acceptors (Lipinski definition) is 7. The third-order valence-electron chi connectivity index (χ3n) is 4.04. The van der Waals surface area contributed by atoms with Gasteiger partial charge in [-0.15, -0.1) is 0 Å². The third kappa shape index (κ3) is 3.97. The standard InChI is InChI=1S/C20H14ClFN6O/c1-11-6-8-25-20(27-11)29-16-5-4-12(9-14(16)22)13-10-26-19(21)28-17(13)18-15(23)3-2-7-24-18/h2-10H,23H2,1H3. The van der Waals surface area contributed by atoms with E-state index in [0.717, 1.165) is 0 Å². The second kappa shape index (κ2) is 7.76. The van der Waals surface area contributed by atoms with E-state index in [1.165, 1.54) is 18.3 Å². The molecular weight excluding hydrogens is 395 g/mol. The molecule has 0 amide bonds. The molecule has 9 heteroatoms. The number of nitrogens with two attached hydrogens (primary N) is 1. The van der Waals surface area contributed by atoms with Crippen LogP contribution in [0.5, 0.6) is 11.8 Å². The van der Waals surface area contributed by atoms with Crippen molar-refractivity contribution in [2.24, 2.45) is 0 Å². The summed E-state index contributed by atoms with van der Waals surface area (Å²) < 4.78 is 20.2. The van der Waals surface area contributed by atoms with Crippen molar-refractivity contribution in [2.75, 3.05) is 5.73 Å². The van der Waals surface area contributed by atoms with E-state index in [1.807, 2.05) is 0 Å². The van der Waals surface area contributed by atoms with E-state index in [2.05, 4.69) is 24.9 Å². The average Bonchev–Trinajstić information content (AvgIpc) is 2.70. The van der Waals surface area contributed by atoms with Crippen LogP contribution in [0, 0.1) is 12.7 Å². The summed E-state index contributed by atoms with van der Waals surface area (Å²) in [6, 6.07) is 9.65. The summed E-state index contributed by atoms with van der Waals surface area (Å²) in [7, 11) is 0. The predicted octanol–water partition coefficient (Wildman–Crippen LogP) is 4.47. The lowest BCUT2D eigenvalue weighted by molar-refractivity contribution is 0.410. The lowest BCUT2D eigenvalue weighted by atomic mass is 10.0. The molecule has 0 saturated carbocycles. The second-order valence-electron chi connectivity index (χ2n) is 6.07.